The van der Waals surface area contributed by atoms with Crippen LogP contribution in [0.3, 0.4) is 0 Å². The number of piperazine rings is 1. The Bertz CT molecular complexity index is 537. The molecule has 2 rings (SSSR count). The summed E-state index contributed by atoms with van der Waals surface area (Å²) in [5, 5.41) is 7.60. The van der Waals surface area contributed by atoms with Crippen LogP contribution in [-0.4, -0.2) is 77.5 Å². The molecular formula is C17H30N6O2. The summed E-state index contributed by atoms with van der Waals surface area (Å²) < 4.78 is 7.00. The van der Waals surface area contributed by atoms with E-state index >= 15 is 0 Å². The lowest BCUT2D eigenvalue weighted by molar-refractivity contribution is 0.0914. The number of aromatic nitrogens is 2. The molecule has 140 valence electrons. The number of hydrogen-bond acceptors (Lipinski definition) is 4. The van der Waals surface area contributed by atoms with E-state index in [4.69, 9.17) is 9.73 Å². The number of rotatable bonds is 6. The molecule has 1 unspecified atom stereocenters. The standard InChI is InChI=1S/C17H30N6O2/c1-4-18-16(19-13-15(3)14-23-8-6-7-20-23)21-9-11-22(12-10-21)17(24)25-5-2/h6-8,15H,4-5,9-14H2,1-3H3,(H,18,19). The average molecular weight is 350 g/mol. The van der Waals surface area contributed by atoms with Gasteiger partial charge in [0.2, 0.25) is 0 Å². The smallest absolute Gasteiger partial charge is 0.409 e. The number of hydrogen-bond donors (Lipinski definition) is 1. The molecule has 25 heavy (non-hydrogen) atoms. The van der Waals surface area contributed by atoms with E-state index in [9.17, 15) is 4.79 Å². The highest BCUT2D eigenvalue weighted by Gasteiger charge is 2.23. The summed E-state index contributed by atoms with van der Waals surface area (Å²) in [7, 11) is 0. The lowest BCUT2D eigenvalue weighted by atomic mass is 10.2. The second-order valence-electron chi connectivity index (χ2n) is 6.20. The molecule has 1 aliphatic heterocycles. The average Bonchev–Trinajstić information content (AvgIpc) is 3.12. The summed E-state index contributed by atoms with van der Waals surface area (Å²) in [5.74, 6) is 1.31. The molecule has 1 saturated heterocycles. The molecule has 1 aromatic heterocycles. The van der Waals surface area contributed by atoms with Gasteiger partial charge in [-0.05, 0) is 25.8 Å². The lowest BCUT2D eigenvalue weighted by Gasteiger charge is -2.36. The number of aliphatic imine (C=N–C) groups is 1. The molecule has 1 N–H and O–H groups in total. The fourth-order valence-electron chi connectivity index (χ4n) is 2.77. The molecule has 2 heterocycles. The van der Waals surface area contributed by atoms with Crippen molar-refractivity contribution >= 4 is 12.1 Å². The van der Waals surface area contributed by atoms with Crippen LogP contribution in [0.1, 0.15) is 20.8 Å². The van der Waals surface area contributed by atoms with Crippen LogP contribution in [0.4, 0.5) is 4.79 Å². The zero-order chi connectivity index (χ0) is 18.1. The van der Waals surface area contributed by atoms with Gasteiger partial charge < -0.3 is 19.9 Å². The van der Waals surface area contributed by atoms with Crippen molar-refractivity contribution in [1.82, 2.24) is 24.9 Å². The molecule has 0 saturated carbocycles. The summed E-state index contributed by atoms with van der Waals surface area (Å²) in [5.41, 5.74) is 0. The number of nitrogens with one attached hydrogen (secondary N) is 1. The van der Waals surface area contributed by atoms with Gasteiger partial charge in [-0.2, -0.15) is 5.10 Å². The number of amides is 1. The third kappa shape index (κ3) is 5.95. The molecule has 8 heteroatoms. The van der Waals surface area contributed by atoms with Crippen LogP contribution in [0.5, 0.6) is 0 Å². The van der Waals surface area contributed by atoms with Gasteiger partial charge in [-0.25, -0.2) is 4.79 Å². The zero-order valence-electron chi connectivity index (χ0n) is 15.5. The molecular weight excluding hydrogens is 320 g/mol. The van der Waals surface area contributed by atoms with Gasteiger partial charge >= 0.3 is 6.09 Å². The first kappa shape index (κ1) is 19.1. The van der Waals surface area contributed by atoms with Gasteiger partial charge in [0, 0.05) is 58.2 Å². The first-order valence-corrected chi connectivity index (χ1v) is 9.06. The molecule has 0 aromatic carbocycles. The van der Waals surface area contributed by atoms with Crippen molar-refractivity contribution in [3.8, 4) is 0 Å². The molecule has 0 bridgehead atoms. The largest absolute Gasteiger partial charge is 0.450 e. The number of guanidine groups is 1. The highest BCUT2D eigenvalue weighted by Crippen LogP contribution is 2.06. The Balaban J connectivity index is 1.86. The van der Waals surface area contributed by atoms with E-state index in [1.165, 1.54) is 0 Å². The Morgan fingerprint density at radius 2 is 2.00 bits per heavy atom. The first-order chi connectivity index (χ1) is 12.1. The van der Waals surface area contributed by atoms with E-state index < -0.39 is 0 Å². The Kier molecular flexibility index (Phi) is 7.56. The Hall–Kier alpha value is -2.25. The summed E-state index contributed by atoms with van der Waals surface area (Å²) in [4.78, 5) is 20.5. The first-order valence-electron chi connectivity index (χ1n) is 9.06. The van der Waals surface area contributed by atoms with Crippen molar-refractivity contribution in [2.24, 2.45) is 10.9 Å². The molecule has 1 aliphatic rings. The summed E-state index contributed by atoms with van der Waals surface area (Å²) in [6, 6.07) is 1.93. The molecule has 0 radical (unpaired) electrons. The van der Waals surface area contributed by atoms with Gasteiger partial charge in [0.25, 0.3) is 0 Å². The fraction of sp³-hybridized carbons (Fsp3) is 0.706. The van der Waals surface area contributed by atoms with Crippen LogP contribution in [0.2, 0.25) is 0 Å². The summed E-state index contributed by atoms with van der Waals surface area (Å²) >= 11 is 0. The molecule has 1 amide bonds. The summed E-state index contributed by atoms with van der Waals surface area (Å²) in [6.07, 6.45) is 3.54. The van der Waals surface area contributed by atoms with Gasteiger partial charge in [-0.15, -0.1) is 0 Å². The highest BCUT2D eigenvalue weighted by atomic mass is 16.6. The monoisotopic (exact) mass is 350 g/mol. The van der Waals surface area contributed by atoms with Crippen molar-refractivity contribution in [3.63, 3.8) is 0 Å². The van der Waals surface area contributed by atoms with Gasteiger partial charge in [0.1, 0.15) is 0 Å². The van der Waals surface area contributed by atoms with Gasteiger partial charge in [-0.1, -0.05) is 6.92 Å². The number of carbonyl (C=O) groups excluding carboxylic acids is 1. The van der Waals surface area contributed by atoms with Crippen LogP contribution < -0.4 is 5.32 Å². The van der Waals surface area contributed by atoms with Crippen LogP contribution in [0.25, 0.3) is 0 Å². The zero-order valence-corrected chi connectivity index (χ0v) is 15.5. The van der Waals surface area contributed by atoms with E-state index in [2.05, 4.69) is 29.2 Å². The van der Waals surface area contributed by atoms with E-state index in [1.54, 1.807) is 11.1 Å². The molecule has 1 fully saturated rings. The minimum Gasteiger partial charge on any atom is -0.450 e. The Morgan fingerprint density at radius 1 is 1.28 bits per heavy atom. The maximum Gasteiger partial charge on any atom is 0.409 e. The van der Waals surface area contributed by atoms with Crippen molar-refractivity contribution < 1.29 is 9.53 Å². The van der Waals surface area contributed by atoms with Crippen LogP contribution in [-0.2, 0) is 11.3 Å². The predicted molar refractivity (Wildman–Crippen MR) is 97.5 cm³/mol. The summed E-state index contributed by atoms with van der Waals surface area (Å²) in [6.45, 7) is 11.7. The third-order valence-corrected chi connectivity index (χ3v) is 4.05. The minimum absolute atomic E-state index is 0.225. The van der Waals surface area contributed by atoms with E-state index in [1.807, 2.05) is 23.9 Å². The molecule has 1 atom stereocenters. The number of carbonyl (C=O) groups is 1. The van der Waals surface area contributed by atoms with Crippen LogP contribution in [0, 0.1) is 5.92 Å². The Morgan fingerprint density at radius 3 is 2.60 bits per heavy atom. The van der Waals surface area contributed by atoms with E-state index in [-0.39, 0.29) is 6.09 Å². The van der Waals surface area contributed by atoms with Crippen molar-refractivity contribution in [2.45, 2.75) is 27.3 Å². The topological polar surface area (TPSA) is 75.0 Å². The second-order valence-corrected chi connectivity index (χ2v) is 6.20. The Labute approximate surface area is 149 Å². The molecule has 0 aliphatic carbocycles. The maximum absolute atomic E-state index is 11.8. The fourth-order valence-corrected chi connectivity index (χ4v) is 2.77. The quantitative estimate of drug-likeness (QED) is 0.617. The predicted octanol–water partition coefficient (Wildman–Crippen LogP) is 1.26. The number of nitrogens with zero attached hydrogens (tertiary/aromatic N) is 5. The van der Waals surface area contributed by atoms with Gasteiger partial charge in [0.15, 0.2) is 5.96 Å². The molecule has 8 nitrogen and oxygen atoms in total. The SMILES string of the molecule is CCNC(=NCC(C)Cn1cccn1)N1CCN(C(=O)OCC)CC1. The van der Waals surface area contributed by atoms with Crippen LogP contribution in [0.15, 0.2) is 23.5 Å². The third-order valence-electron chi connectivity index (χ3n) is 4.05. The lowest BCUT2D eigenvalue weighted by Crippen LogP contribution is -2.54. The van der Waals surface area contributed by atoms with Crippen molar-refractivity contribution in [1.29, 1.82) is 0 Å². The molecule has 0 spiro atoms. The van der Waals surface area contributed by atoms with Gasteiger partial charge in [0.05, 0.1) is 6.61 Å². The van der Waals surface area contributed by atoms with E-state index in [0.717, 1.165) is 38.7 Å². The normalized spacial score (nSPS) is 16.7. The highest BCUT2D eigenvalue weighted by molar-refractivity contribution is 5.80. The van der Waals surface area contributed by atoms with Crippen molar-refractivity contribution in [2.75, 3.05) is 45.9 Å². The van der Waals surface area contributed by atoms with E-state index in [0.29, 0.717) is 25.6 Å². The molecule has 1 aromatic rings. The van der Waals surface area contributed by atoms with Gasteiger partial charge in [-0.3, -0.25) is 9.67 Å². The minimum atomic E-state index is -0.225. The maximum atomic E-state index is 11.8. The van der Waals surface area contributed by atoms with Crippen LogP contribution >= 0.6 is 0 Å². The number of ether oxygens (including phenoxy) is 1. The van der Waals surface area contributed by atoms with Crippen molar-refractivity contribution in [3.05, 3.63) is 18.5 Å². The second kappa shape index (κ2) is 9.90.